The first-order valence-corrected chi connectivity index (χ1v) is 9.11. The molecule has 0 radical (unpaired) electrons. The Labute approximate surface area is 132 Å². The van der Waals surface area contributed by atoms with E-state index in [0.717, 1.165) is 12.0 Å². The Morgan fingerprint density at radius 3 is 2.00 bits per heavy atom. The molecule has 1 saturated heterocycles. The second-order valence-electron chi connectivity index (χ2n) is 7.47. The van der Waals surface area contributed by atoms with Crippen molar-refractivity contribution in [1.29, 1.82) is 0 Å². The lowest BCUT2D eigenvalue weighted by Crippen LogP contribution is -2.51. The summed E-state index contributed by atoms with van der Waals surface area (Å²) in [5, 5.41) is 0. The fourth-order valence-electron chi connectivity index (χ4n) is 4.01. The van der Waals surface area contributed by atoms with E-state index in [2.05, 4.69) is 30.6 Å². The van der Waals surface area contributed by atoms with Crippen LogP contribution in [-0.4, -0.2) is 61.3 Å². The predicted octanol–water partition coefficient (Wildman–Crippen LogP) is 3.39. The molecule has 2 aliphatic rings. The van der Waals surface area contributed by atoms with Gasteiger partial charge in [-0.3, -0.25) is 9.80 Å². The topological polar surface area (TPSA) is 15.7 Å². The van der Waals surface area contributed by atoms with E-state index in [4.69, 9.17) is 4.74 Å². The molecule has 1 saturated carbocycles. The maximum Gasteiger partial charge on any atom is 0.0571 e. The molecule has 0 spiro atoms. The van der Waals surface area contributed by atoms with E-state index < -0.39 is 0 Å². The Morgan fingerprint density at radius 1 is 0.905 bits per heavy atom. The molecule has 0 aromatic rings. The molecular formula is C18H36N2O. The molecule has 3 nitrogen and oxygen atoms in total. The molecule has 1 aliphatic carbocycles. The highest BCUT2D eigenvalue weighted by Gasteiger charge is 2.24. The minimum Gasteiger partial charge on any atom is -0.381 e. The number of piperazine rings is 1. The van der Waals surface area contributed by atoms with Crippen molar-refractivity contribution in [3.63, 3.8) is 0 Å². The van der Waals surface area contributed by atoms with Gasteiger partial charge in [-0.1, -0.05) is 0 Å². The number of ether oxygens (including phenoxy) is 1. The molecule has 3 heteroatoms. The molecule has 0 aromatic carbocycles. The fraction of sp³-hybridized carbons (Fsp3) is 1.00. The van der Waals surface area contributed by atoms with Crippen LogP contribution in [0.3, 0.4) is 0 Å². The highest BCUT2D eigenvalue weighted by molar-refractivity contribution is 4.79. The maximum atomic E-state index is 5.48. The summed E-state index contributed by atoms with van der Waals surface area (Å²) in [6, 6.07) is 1.47. The highest BCUT2D eigenvalue weighted by Crippen LogP contribution is 2.30. The molecule has 1 aliphatic heterocycles. The molecular weight excluding hydrogens is 260 g/mol. The molecule has 0 N–H and O–H groups in total. The number of hydrogen-bond acceptors (Lipinski definition) is 3. The summed E-state index contributed by atoms with van der Waals surface area (Å²) in [5.74, 6) is 0.954. The third-order valence-electron chi connectivity index (χ3n) is 5.82. The fourth-order valence-corrected chi connectivity index (χ4v) is 4.01. The van der Waals surface area contributed by atoms with Crippen molar-refractivity contribution < 1.29 is 4.74 Å². The SMILES string of the molecule is COC1CCC(CC[C@H](C)N2CCN(C(C)C)CC2)CC1. The van der Waals surface area contributed by atoms with Crippen LogP contribution >= 0.6 is 0 Å². The van der Waals surface area contributed by atoms with Crippen LogP contribution in [0.15, 0.2) is 0 Å². The van der Waals surface area contributed by atoms with Gasteiger partial charge in [-0.2, -0.15) is 0 Å². The lowest BCUT2D eigenvalue weighted by molar-refractivity contribution is 0.0506. The van der Waals surface area contributed by atoms with Crippen molar-refractivity contribution in [2.75, 3.05) is 33.3 Å². The smallest absolute Gasteiger partial charge is 0.0571 e. The normalized spacial score (nSPS) is 30.7. The van der Waals surface area contributed by atoms with E-state index in [9.17, 15) is 0 Å². The average molecular weight is 296 g/mol. The van der Waals surface area contributed by atoms with Gasteiger partial charge in [0, 0.05) is 45.4 Å². The molecule has 1 heterocycles. The largest absolute Gasteiger partial charge is 0.381 e. The number of hydrogen-bond donors (Lipinski definition) is 0. The molecule has 21 heavy (non-hydrogen) atoms. The van der Waals surface area contributed by atoms with Gasteiger partial charge >= 0.3 is 0 Å². The van der Waals surface area contributed by atoms with Gasteiger partial charge in [0.05, 0.1) is 6.10 Å². The van der Waals surface area contributed by atoms with Gasteiger partial charge in [0.2, 0.25) is 0 Å². The van der Waals surface area contributed by atoms with Crippen LogP contribution < -0.4 is 0 Å². The molecule has 2 fully saturated rings. The van der Waals surface area contributed by atoms with Crippen molar-refractivity contribution >= 4 is 0 Å². The second kappa shape index (κ2) is 8.50. The number of methoxy groups -OCH3 is 1. The van der Waals surface area contributed by atoms with Crippen LogP contribution in [0.25, 0.3) is 0 Å². The maximum absolute atomic E-state index is 5.48. The average Bonchev–Trinajstić information content (AvgIpc) is 2.53. The predicted molar refractivity (Wildman–Crippen MR) is 89.7 cm³/mol. The summed E-state index contributed by atoms with van der Waals surface area (Å²) in [4.78, 5) is 5.31. The van der Waals surface area contributed by atoms with Crippen LogP contribution in [0.2, 0.25) is 0 Å². The molecule has 0 unspecified atom stereocenters. The van der Waals surface area contributed by atoms with E-state index in [1.54, 1.807) is 0 Å². The minimum atomic E-state index is 0.544. The molecule has 0 amide bonds. The second-order valence-corrected chi connectivity index (χ2v) is 7.47. The molecule has 124 valence electrons. The summed E-state index contributed by atoms with van der Waals surface area (Å²) in [7, 11) is 1.86. The van der Waals surface area contributed by atoms with Crippen LogP contribution in [-0.2, 0) is 4.74 Å². The van der Waals surface area contributed by atoms with Gasteiger partial charge in [-0.05, 0) is 65.2 Å². The van der Waals surface area contributed by atoms with Gasteiger partial charge in [-0.25, -0.2) is 0 Å². The summed E-state index contributed by atoms with van der Waals surface area (Å²) in [6.45, 7) is 12.1. The van der Waals surface area contributed by atoms with Crippen LogP contribution in [0, 0.1) is 5.92 Å². The number of nitrogens with zero attached hydrogens (tertiary/aromatic N) is 2. The third-order valence-corrected chi connectivity index (χ3v) is 5.82. The lowest BCUT2D eigenvalue weighted by atomic mass is 9.83. The van der Waals surface area contributed by atoms with Crippen molar-refractivity contribution in [3.05, 3.63) is 0 Å². The standard InChI is InChI=1S/C18H36N2O/c1-15(2)19-11-13-20(14-12-19)16(3)5-6-17-7-9-18(21-4)10-8-17/h15-18H,5-14H2,1-4H3/t16-,17?,18?/m0/s1. The van der Waals surface area contributed by atoms with Gasteiger partial charge in [-0.15, -0.1) is 0 Å². The van der Waals surface area contributed by atoms with Gasteiger partial charge in [0.25, 0.3) is 0 Å². The van der Waals surface area contributed by atoms with Crippen molar-refractivity contribution in [2.45, 2.75) is 77.5 Å². The van der Waals surface area contributed by atoms with E-state index in [0.29, 0.717) is 12.1 Å². The molecule has 1 atom stereocenters. The summed E-state index contributed by atoms with van der Waals surface area (Å²) < 4.78 is 5.48. The first kappa shape index (κ1) is 17.2. The zero-order valence-electron chi connectivity index (χ0n) is 14.7. The van der Waals surface area contributed by atoms with E-state index in [-0.39, 0.29) is 0 Å². The first-order valence-electron chi connectivity index (χ1n) is 9.11. The van der Waals surface area contributed by atoms with Gasteiger partial charge in [0.1, 0.15) is 0 Å². The van der Waals surface area contributed by atoms with Crippen molar-refractivity contribution in [2.24, 2.45) is 5.92 Å². The van der Waals surface area contributed by atoms with Crippen LogP contribution in [0.1, 0.15) is 59.3 Å². The van der Waals surface area contributed by atoms with Crippen molar-refractivity contribution in [3.8, 4) is 0 Å². The zero-order chi connectivity index (χ0) is 15.2. The van der Waals surface area contributed by atoms with E-state index in [1.165, 1.54) is 64.7 Å². The molecule has 0 bridgehead atoms. The summed E-state index contributed by atoms with van der Waals surface area (Å²) in [5.41, 5.74) is 0. The first-order chi connectivity index (χ1) is 10.1. The monoisotopic (exact) mass is 296 g/mol. The Balaban J connectivity index is 1.63. The van der Waals surface area contributed by atoms with Gasteiger partial charge < -0.3 is 4.74 Å². The molecule has 2 rings (SSSR count). The summed E-state index contributed by atoms with van der Waals surface area (Å²) >= 11 is 0. The minimum absolute atomic E-state index is 0.544. The zero-order valence-corrected chi connectivity index (χ0v) is 14.7. The Kier molecular flexibility index (Phi) is 6.97. The Morgan fingerprint density at radius 2 is 1.48 bits per heavy atom. The van der Waals surface area contributed by atoms with E-state index in [1.807, 2.05) is 7.11 Å². The number of rotatable bonds is 6. The van der Waals surface area contributed by atoms with Gasteiger partial charge in [0.15, 0.2) is 0 Å². The van der Waals surface area contributed by atoms with E-state index >= 15 is 0 Å². The Hall–Kier alpha value is -0.120. The lowest BCUT2D eigenvalue weighted by Gasteiger charge is -2.40. The third kappa shape index (κ3) is 5.22. The quantitative estimate of drug-likeness (QED) is 0.747. The van der Waals surface area contributed by atoms with Crippen molar-refractivity contribution in [1.82, 2.24) is 9.80 Å². The molecule has 0 aromatic heterocycles. The highest BCUT2D eigenvalue weighted by atomic mass is 16.5. The summed E-state index contributed by atoms with van der Waals surface area (Å²) in [6.07, 6.45) is 8.67. The Bertz CT molecular complexity index is 279. The van der Waals surface area contributed by atoms with Crippen LogP contribution in [0.4, 0.5) is 0 Å². The van der Waals surface area contributed by atoms with Crippen LogP contribution in [0.5, 0.6) is 0 Å².